The maximum atomic E-state index is 12.1. The fourth-order valence-corrected chi connectivity index (χ4v) is 3.27. The van der Waals surface area contributed by atoms with E-state index < -0.39 is 0 Å². The Kier molecular flexibility index (Phi) is 4.02. The summed E-state index contributed by atoms with van der Waals surface area (Å²) >= 11 is 1.67. The van der Waals surface area contributed by atoms with E-state index in [4.69, 9.17) is 0 Å². The van der Waals surface area contributed by atoms with E-state index in [1.807, 2.05) is 28.5 Å². The van der Waals surface area contributed by atoms with E-state index in [2.05, 4.69) is 29.6 Å². The van der Waals surface area contributed by atoms with Gasteiger partial charge in [0.25, 0.3) is 0 Å². The molecule has 0 aliphatic carbocycles. The molecule has 1 aromatic heterocycles. The number of carbonyl (C=O) groups excluding carboxylic acids is 1. The van der Waals surface area contributed by atoms with Crippen LogP contribution in [0.5, 0.6) is 0 Å². The summed E-state index contributed by atoms with van der Waals surface area (Å²) in [5.41, 5.74) is 1.33. The molecule has 1 N–H and O–H groups in total. The number of thiophene rings is 1. The summed E-state index contributed by atoms with van der Waals surface area (Å²) in [5.74, 6) is 0.476. The van der Waals surface area contributed by atoms with E-state index in [-0.39, 0.29) is 6.03 Å². The predicted octanol–water partition coefficient (Wildman–Crippen LogP) is 3.45. The van der Waals surface area contributed by atoms with Crippen LogP contribution >= 0.6 is 11.3 Å². The lowest BCUT2D eigenvalue weighted by atomic mass is 9.99. The number of hydrogen-bond donors (Lipinski definition) is 1. The van der Waals surface area contributed by atoms with Gasteiger partial charge in [-0.2, -0.15) is 0 Å². The number of benzene rings is 1. The number of carbonyl (C=O) groups is 1. The zero-order valence-corrected chi connectivity index (χ0v) is 12.1. The molecule has 1 saturated heterocycles. The maximum absolute atomic E-state index is 12.1. The number of amides is 2. The lowest BCUT2D eigenvalue weighted by Crippen LogP contribution is -2.37. The van der Waals surface area contributed by atoms with Gasteiger partial charge in [0.2, 0.25) is 0 Å². The minimum absolute atomic E-state index is 0.0526. The third-order valence-corrected chi connectivity index (χ3v) is 4.62. The molecule has 0 saturated carbocycles. The van der Waals surface area contributed by atoms with Crippen molar-refractivity contribution in [2.75, 3.05) is 13.1 Å². The monoisotopic (exact) mass is 286 g/mol. The van der Waals surface area contributed by atoms with Crippen LogP contribution in [0.4, 0.5) is 4.79 Å². The van der Waals surface area contributed by atoms with Gasteiger partial charge in [-0.1, -0.05) is 36.4 Å². The van der Waals surface area contributed by atoms with Crippen molar-refractivity contribution in [3.05, 3.63) is 58.3 Å². The van der Waals surface area contributed by atoms with Crippen LogP contribution < -0.4 is 5.32 Å². The van der Waals surface area contributed by atoms with Crippen LogP contribution in [0.1, 0.15) is 22.8 Å². The van der Waals surface area contributed by atoms with Crippen LogP contribution in [0, 0.1) is 0 Å². The lowest BCUT2D eigenvalue weighted by Gasteiger charge is -2.17. The van der Waals surface area contributed by atoms with Crippen molar-refractivity contribution in [1.29, 1.82) is 0 Å². The highest BCUT2D eigenvalue weighted by Crippen LogP contribution is 2.26. The Hall–Kier alpha value is -1.81. The first-order valence-electron chi connectivity index (χ1n) is 6.93. The number of hydrogen-bond acceptors (Lipinski definition) is 2. The maximum Gasteiger partial charge on any atom is 0.317 e. The molecule has 1 atom stereocenters. The second kappa shape index (κ2) is 6.09. The topological polar surface area (TPSA) is 32.3 Å². The molecule has 2 amide bonds. The lowest BCUT2D eigenvalue weighted by molar-refractivity contribution is 0.208. The van der Waals surface area contributed by atoms with Gasteiger partial charge in [0.15, 0.2) is 0 Å². The quantitative estimate of drug-likeness (QED) is 0.921. The van der Waals surface area contributed by atoms with Crippen LogP contribution in [0.15, 0.2) is 47.8 Å². The van der Waals surface area contributed by atoms with Gasteiger partial charge in [-0.15, -0.1) is 11.3 Å². The summed E-state index contributed by atoms with van der Waals surface area (Å²) in [6, 6.07) is 14.6. The first kappa shape index (κ1) is 13.2. The van der Waals surface area contributed by atoms with E-state index in [0.717, 1.165) is 19.5 Å². The Morgan fingerprint density at radius 1 is 1.25 bits per heavy atom. The van der Waals surface area contributed by atoms with Crippen molar-refractivity contribution in [3.8, 4) is 0 Å². The summed E-state index contributed by atoms with van der Waals surface area (Å²) in [5, 5.41) is 5.03. The predicted molar refractivity (Wildman–Crippen MR) is 81.9 cm³/mol. The molecule has 1 aromatic carbocycles. The summed E-state index contributed by atoms with van der Waals surface area (Å²) in [6.45, 7) is 2.29. The Bertz CT molecular complexity index is 553. The average molecular weight is 286 g/mol. The van der Waals surface area contributed by atoms with Crippen molar-refractivity contribution < 1.29 is 4.79 Å². The highest BCUT2D eigenvalue weighted by molar-refractivity contribution is 7.09. The molecule has 3 rings (SSSR count). The van der Waals surface area contributed by atoms with Gasteiger partial charge >= 0.3 is 6.03 Å². The highest BCUT2D eigenvalue weighted by Gasteiger charge is 2.26. The number of nitrogens with zero attached hydrogens (tertiary/aromatic N) is 1. The fourth-order valence-electron chi connectivity index (χ4n) is 2.63. The fraction of sp³-hybridized carbons (Fsp3) is 0.312. The summed E-state index contributed by atoms with van der Waals surface area (Å²) < 4.78 is 0. The average Bonchev–Trinajstić information content (AvgIpc) is 3.17. The van der Waals surface area contributed by atoms with Crippen molar-refractivity contribution in [3.63, 3.8) is 0 Å². The Morgan fingerprint density at radius 2 is 2.10 bits per heavy atom. The normalized spacial score (nSPS) is 18.2. The standard InChI is InChI=1S/C16H18N2OS/c19-16(17-11-15-7-4-10-20-15)18-9-8-14(12-18)13-5-2-1-3-6-13/h1-7,10,14H,8-9,11-12H2,(H,17,19). The molecule has 104 valence electrons. The third kappa shape index (κ3) is 3.02. The number of likely N-dealkylation sites (tertiary alicyclic amines) is 1. The zero-order valence-electron chi connectivity index (χ0n) is 11.3. The molecule has 0 spiro atoms. The van der Waals surface area contributed by atoms with Crippen LogP contribution in [-0.2, 0) is 6.54 Å². The summed E-state index contributed by atoms with van der Waals surface area (Å²) in [4.78, 5) is 15.3. The molecule has 0 radical (unpaired) electrons. The van der Waals surface area contributed by atoms with Crippen molar-refractivity contribution in [1.82, 2.24) is 10.2 Å². The second-order valence-corrected chi connectivity index (χ2v) is 6.11. The highest BCUT2D eigenvalue weighted by atomic mass is 32.1. The van der Waals surface area contributed by atoms with Gasteiger partial charge in [0.05, 0.1) is 6.54 Å². The number of rotatable bonds is 3. The van der Waals surface area contributed by atoms with Gasteiger partial charge in [0, 0.05) is 23.9 Å². The van der Waals surface area contributed by atoms with Crippen LogP contribution in [0.3, 0.4) is 0 Å². The Labute approximate surface area is 123 Å². The zero-order chi connectivity index (χ0) is 13.8. The van der Waals surface area contributed by atoms with Gasteiger partial charge in [-0.25, -0.2) is 4.79 Å². The molecular formula is C16H18N2OS. The minimum Gasteiger partial charge on any atom is -0.333 e. The smallest absolute Gasteiger partial charge is 0.317 e. The van der Waals surface area contributed by atoms with Gasteiger partial charge in [-0.3, -0.25) is 0 Å². The largest absolute Gasteiger partial charge is 0.333 e. The van der Waals surface area contributed by atoms with Gasteiger partial charge in [-0.05, 0) is 23.4 Å². The van der Waals surface area contributed by atoms with Crippen molar-refractivity contribution in [2.45, 2.75) is 18.9 Å². The molecule has 1 fully saturated rings. The number of nitrogens with one attached hydrogen (secondary N) is 1. The van der Waals surface area contributed by atoms with E-state index in [1.165, 1.54) is 10.4 Å². The summed E-state index contributed by atoms with van der Waals surface area (Å²) in [6.07, 6.45) is 1.05. The third-order valence-electron chi connectivity index (χ3n) is 3.74. The van der Waals surface area contributed by atoms with E-state index >= 15 is 0 Å². The minimum atomic E-state index is 0.0526. The van der Waals surface area contributed by atoms with E-state index in [1.54, 1.807) is 11.3 Å². The number of urea groups is 1. The molecule has 1 aliphatic heterocycles. The van der Waals surface area contributed by atoms with Crippen LogP contribution in [0.2, 0.25) is 0 Å². The Balaban J connectivity index is 1.53. The van der Waals surface area contributed by atoms with Gasteiger partial charge in [0.1, 0.15) is 0 Å². The molecule has 2 aromatic rings. The van der Waals surface area contributed by atoms with Crippen molar-refractivity contribution >= 4 is 17.4 Å². The molecular weight excluding hydrogens is 268 g/mol. The van der Waals surface area contributed by atoms with E-state index in [9.17, 15) is 4.79 Å². The summed E-state index contributed by atoms with van der Waals surface area (Å²) in [7, 11) is 0. The Morgan fingerprint density at radius 3 is 2.85 bits per heavy atom. The first-order valence-corrected chi connectivity index (χ1v) is 7.81. The van der Waals surface area contributed by atoms with Crippen molar-refractivity contribution in [2.24, 2.45) is 0 Å². The van der Waals surface area contributed by atoms with Gasteiger partial charge < -0.3 is 10.2 Å². The molecule has 20 heavy (non-hydrogen) atoms. The molecule has 1 aliphatic rings. The SMILES string of the molecule is O=C(NCc1cccs1)N1CCC(c2ccccc2)C1. The molecule has 0 bridgehead atoms. The molecule has 4 heteroatoms. The molecule has 1 unspecified atom stereocenters. The van der Waals surface area contributed by atoms with Crippen LogP contribution in [0.25, 0.3) is 0 Å². The molecule has 3 nitrogen and oxygen atoms in total. The van der Waals surface area contributed by atoms with Crippen LogP contribution in [-0.4, -0.2) is 24.0 Å². The first-order chi connectivity index (χ1) is 9.83. The van der Waals surface area contributed by atoms with E-state index in [0.29, 0.717) is 12.5 Å². The second-order valence-electron chi connectivity index (χ2n) is 5.08. The molecule has 2 heterocycles.